The number of carbonyl (C=O) groups excluding carboxylic acids is 1. The van der Waals surface area contributed by atoms with Gasteiger partial charge in [-0.3, -0.25) is 4.79 Å². The lowest BCUT2D eigenvalue weighted by Crippen LogP contribution is -2.30. The number of hydrogen-bond acceptors (Lipinski definition) is 5. The molecule has 0 saturated heterocycles. The Kier molecular flexibility index (Phi) is 6.33. The van der Waals surface area contributed by atoms with Gasteiger partial charge in [-0.05, 0) is 52.7 Å². The molecule has 160 valence electrons. The summed E-state index contributed by atoms with van der Waals surface area (Å²) in [5.41, 5.74) is -0.646. The first kappa shape index (κ1) is 22.8. The third-order valence-electron chi connectivity index (χ3n) is 3.97. The summed E-state index contributed by atoms with van der Waals surface area (Å²) in [6.07, 6.45) is -3.21. The van der Waals surface area contributed by atoms with Crippen LogP contribution in [0.3, 0.4) is 0 Å². The number of amides is 1. The number of aromatic nitrogens is 2. The van der Waals surface area contributed by atoms with E-state index in [2.05, 4.69) is 20.9 Å². The third kappa shape index (κ3) is 5.05. The van der Waals surface area contributed by atoms with Crippen molar-refractivity contribution in [3.63, 3.8) is 0 Å². The smallest absolute Gasteiger partial charge is 0.330 e. The van der Waals surface area contributed by atoms with E-state index in [1.54, 1.807) is 6.92 Å². The van der Waals surface area contributed by atoms with E-state index in [0.29, 0.717) is 15.2 Å². The molecule has 0 fully saturated rings. The van der Waals surface area contributed by atoms with E-state index in [0.717, 1.165) is 23.5 Å². The number of nitrogens with one attached hydrogen (secondary N) is 1. The lowest BCUT2D eigenvalue weighted by Gasteiger charge is -2.11. The molecule has 3 rings (SSSR count). The SMILES string of the molecule is Cc1nc(C(=O)NS(=O)(=O)c2ccc(Br)s2)cn1Cc1ccc(C(F)(F)F)cc1Cl. The van der Waals surface area contributed by atoms with Crippen molar-refractivity contribution in [2.75, 3.05) is 0 Å². The Balaban J connectivity index is 1.79. The second-order valence-corrected chi connectivity index (χ2v) is 10.9. The van der Waals surface area contributed by atoms with Crippen LogP contribution < -0.4 is 4.72 Å². The number of sulfonamides is 1. The molecule has 13 heteroatoms. The third-order valence-corrected chi connectivity index (χ3v) is 7.77. The van der Waals surface area contributed by atoms with Crippen molar-refractivity contribution in [2.45, 2.75) is 23.9 Å². The summed E-state index contributed by atoms with van der Waals surface area (Å²) in [6, 6.07) is 5.86. The second-order valence-electron chi connectivity index (χ2n) is 6.10. The number of benzene rings is 1. The van der Waals surface area contributed by atoms with Crippen LogP contribution in [0, 0.1) is 6.92 Å². The maximum absolute atomic E-state index is 12.8. The maximum atomic E-state index is 12.8. The zero-order valence-electron chi connectivity index (χ0n) is 15.0. The summed E-state index contributed by atoms with van der Waals surface area (Å²) in [5.74, 6) is -0.577. The first-order chi connectivity index (χ1) is 13.9. The van der Waals surface area contributed by atoms with Crippen LogP contribution in [0.25, 0.3) is 0 Å². The van der Waals surface area contributed by atoms with Gasteiger partial charge < -0.3 is 4.57 Å². The van der Waals surface area contributed by atoms with Gasteiger partial charge in [0.2, 0.25) is 0 Å². The Morgan fingerprint density at radius 3 is 2.57 bits per heavy atom. The molecule has 0 aliphatic rings. The molecule has 0 unspecified atom stereocenters. The fourth-order valence-corrected chi connectivity index (χ4v) is 5.69. The molecule has 0 saturated carbocycles. The van der Waals surface area contributed by atoms with Gasteiger partial charge in [0.1, 0.15) is 15.7 Å². The number of rotatable bonds is 5. The molecule has 1 aromatic carbocycles. The van der Waals surface area contributed by atoms with Crippen molar-refractivity contribution < 1.29 is 26.4 Å². The number of nitrogens with zero attached hydrogens (tertiary/aromatic N) is 2. The summed E-state index contributed by atoms with van der Waals surface area (Å²) in [7, 11) is -4.06. The lowest BCUT2D eigenvalue weighted by atomic mass is 10.1. The van der Waals surface area contributed by atoms with Crippen molar-refractivity contribution >= 4 is 54.8 Å². The number of imidazole rings is 1. The molecule has 2 heterocycles. The summed E-state index contributed by atoms with van der Waals surface area (Å²) in [6.45, 7) is 1.62. The van der Waals surface area contributed by atoms with E-state index in [-0.39, 0.29) is 21.5 Å². The van der Waals surface area contributed by atoms with Crippen LogP contribution in [-0.4, -0.2) is 23.9 Å². The second kappa shape index (κ2) is 8.33. The molecule has 0 radical (unpaired) electrons. The number of aryl methyl sites for hydroxylation is 1. The van der Waals surface area contributed by atoms with Crippen LogP contribution in [0.15, 0.2) is 44.5 Å². The van der Waals surface area contributed by atoms with E-state index in [1.807, 2.05) is 4.72 Å². The van der Waals surface area contributed by atoms with Gasteiger partial charge >= 0.3 is 6.18 Å². The zero-order chi connectivity index (χ0) is 22.3. The van der Waals surface area contributed by atoms with Crippen LogP contribution >= 0.6 is 38.9 Å². The summed E-state index contributed by atoms with van der Waals surface area (Å²) >= 11 is 10.1. The largest absolute Gasteiger partial charge is 0.416 e. The minimum Gasteiger partial charge on any atom is -0.330 e. The molecule has 1 amide bonds. The van der Waals surface area contributed by atoms with Crippen molar-refractivity contribution in [3.05, 3.63) is 68.0 Å². The molecule has 0 bridgehead atoms. The molecule has 0 spiro atoms. The maximum Gasteiger partial charge on any atom is 0.416 e. The first-order valence-electron chi connectivity index (χ1n) is 8.09. The predicted molar refractivity (Wildman–Crippen MR) is 109 cm³/mol. The van der Waals surface area contributed by atoms with Gasteiger partial charge in [0.15, 0.2) is 0 Å². The molecular weight excluding hydrogens is 531 g/mol. The molecule has 0 aliphatic carbocycles. The monoisotopic (exact) mass is 541 g/mol. The first-order valence-corrected chi connectivity index (χ1v) is 11.6. The van der Waals surface area contributed by atoms with E-state index in [9.17, 15) is 26.4 Å². The molecule has 30 heavy (non-hydrogen) atoms. The Morgan fingerprint density at radius 2 is 2.00 bits per heavy atom. The quantitative estimate of drug-likeness (QED) is 0.500. The highest BCUT2D eigenvalue weighted by molar-refractivity contribution is 9.11. The predicted octanol–water partition coefficient (Wildman–Crippen LogP) is 4.85. The minimum absolute atomic E-state index is 0.0459. The molecule has 6 nitrogen and oxygen atoms in total. The van der Waals surface area contributed by atoms with Gasteiger partial charge in [-0.2, -0.15) is 13.2 Å². The molecular formula is C17H12BrClF3N3O3S2. The van der Waals surface area contributed by atoms with E-state index < -0.39 is 27.7 Å². The highest BCUT2D eigenvalue weighted by atomic mass is 79.9. The minimum atomic E-state index is -4.51. The fraction of sp³-hybridized carbons (Fsp3) is 0.176. The van der Waals surface area contributed by atoms with E-state index in [4.69, 9.17) is 11.6 Å². The Labute approximate surface area is 186 Å². The normalized spacial score (nSPS) is 12.2. The highest BCUT2D eigenvalue weighted by Crippen LogP contribution is 2.32. The summed E-state index contributed by atoms with van der Waals surface area (Å²) < 4.78 is 66.8. The van der Waals surface area contributed by atoms with Gasteiger partial charge in [0.05, 0.1) is 15.9 Å². The van der Waals surface area contributed by atoms with E-state index >= 15 is 0 Å². The van der Waals surface area contributed by atoms with Crippen molar-refractivity contribution in [1.82, 2.24) is 14.3 Å². The standard InChI is InChI=1S/C17H12BrClF3N3O3S2/c1-9-23-13(16(26)24-30(27,28)15-5-4-14(18)29-15)8-25(9)7-10-2-3-11(6-12(10)19)17(20,21)22/h2-6,8H,7H2,1H3,(H,24,26). The molecule has 3 aromatic rings. The average molecular weight is 543 g/mol. The van der Waals surface area contributed by atoms with Crippen LogP contribution in [-0.2, 0) is 22.7 Å². The fourth-order valence-electron chi connectivity index (χ4n) is 2.48. The lowest BCUT2D eigenvalue weighted by molar-refractivity contribution is -0.137. The van der Waals surface area contributed by atoms with Crippen molar-refractivity contribution in [2.24, 2.45) is 0 Å². The Hall–Kier alpha value is -1.89. The highest BCUT2D eigenvalue weighted by Gasteiger charge is 2.31. The Morgan fingerprint density at radius 1 is 1.30 bits per heavy atom. The number of carbonyl (C=O) groups is 1. The van der Waals surface area contributed by atoms with Crippen LogP contribution in [0.5, 0.6) is 0 Å². The number of alkyl halides is 3. The van der Waals surface area contributed by atoms with Gasteiger partial charge in [-0.15, -0.1) is 11.3 Å². The molecule has 1 N–H and O–H groups in total. The number of halogens is 5. The summed E-state index contributed by atoms with van der Waals surface area (Å²) in [4.78, 5) is 16.4. The van der Waals surface area contributed by atoms with Gasteiger partial charge in [-0.1, -0.05) is 17.7 Å². The summed E-state index contributed by atoms with van der Waals surface area (Å²) in [5, 5.41) is -0.0882. The zero-order valence-corrected chi connectivity index (χ0v) is 19.0. The van der Waals surface area contributed by atoms with Crippen molar-refractivity contribution in [1.29, 1.82) is 0 Å². The Bertz CT molecular complexity index is 1220. The van der Waals surface area contributed by atoms with Crippen LogP contribution in [0.1, 0.15) is 27.4 Å². The van der Waals surface area contributed by atoms with Crippen LogP contribution in [0.4, 0.5) is 13.2 Å². The number of hydrogen-bond donors (Lipinski definition) is 1. The van der Waals surface area contributed by atoms with Crippen molar-refractivity contribution in [3.8, 4) is 0 Å². The van der Waals surface area contributed by atoms with Crippen LogP contribution in [0.2, 0.25) is 5.02 Å². The van der Waals surface area contributed by atoms with Gasteiger partial charge in [0, 0.05) is 11.2 Å². The number of thiophene rings is 1. The molecule has 0 aliphatic heterocycles. The van der Waals surface area contributed by atoms with Gasteiger partial charge in [-0.25, -0.2) is 18.1 Å². The van der Waals surface area contributed by atoms with Gasteiger partial charge in [0.25, 0.3) is 15.9 Å². The molecule has 2 aromatic heterocycles. The topological polar surface area (TPSA) is 81.1 Å². The average Bonchev–Trinajstić information content (AvgIpc) is 3.22. The van der Waals surface area contributed by atoms with E-state index in [1.165, 1.54) is 29.0 Å². The molecule has 0 atom stereocenters.